The minimum absolute atomic E-state index is 0.0805. The van der Waals surface area contributed by atoms with Crippen molar-refractivity contribution in [3.05, 3.63) is 52.8 Å². The van der Waals surface area contributed by atoms with Gasteiger partial charge in [-0.3, -0.25) is 19.1 Å². The molecular weight excluding hydrogens is 296 g/mol. The van der Waals surface area contributed by atoms with Gasteiger partial charge in [-0.05, 0) is 25.0 Å². The molecule has 0 unspecified atom stereocenters. The van der Waals surface area contributed by atoms with Crippen molar-refractivity contribution in [2.24, 2.45) is 0 Å². The second-order valence-electron chi connectivity index (χ2n) is 5.81. The summed E-state index contributed by atoms with van der Waals surface area (Å²) in [5.41, 5.74) is 0.508. The molecule has 2 N–H and O–H groups in total. The fourth-order valence-electron chi connectivity index (χ4n) is 2.90. The van der Waals surface area contributed by atoms with Crippen LogP contribution in [0.15, 0.2) is 41.6 Å². The molecule has 0 amide bonds. The van der Waals surface area contributed by atoms with Crippen LogP contribution in [0.2, 0.25) is 0 Å². The molecule has 1 fully saturated rings. The number of nitrogens with zero attached hydrogens (tertiary/aromatic N) is 3. The molecule has 0 saturated heterocycles. The summed E-state index contributed by atoms with van der Waals surface area (Å²) in [6.07, 6.45) is 7.72. The molecule has 23 heavy (non-hydrogen) atoms. The lowest BCUT2D eigenvalue weighted by Crippen LogP contribution is -2.42. The molecule has 7 nitrogen and oxygen atoms in total. The maximum atomic E-state index is 12.2. The second kappa shape index (κ2) is 6.20. The number of pyridine rings is 1. The number of hydrogen-bond acceptors (Lipinski definition) is 5. The van der Waals surface area contributed by atoms with Crippen LogP contribution >= 0.6 is 0 Å². The molecule has 1 aliphatic carbocycles. The maximum absolute atomic E-state index is 12.2. The van der Waals surface area contributed by atoms with Crippen LogP contribution in [-0.2, 0) is 16.8 Å². The summed E-state index contributed by atoms with van der Waals surface area (Å²) in [6.45, 7) is 0.185. The van der Waals surface area contributed by atoms with E-state index in [0.29, 0.717) is 6.54 Å². The lowest BCUT2D eigenvalue weighted by molar-refractivity contribution is -0.137. The predicted molar refractivity (Wildman–Crippen MR) is 84.4 cm³/mol. The van der Waals surface area contributed by atoms with Gasteiger partial charge in [0.05, 0.1) is 0 Å². The van der Waals surface area contributed by atoms with E-state index in [1.54, 1.807) is 6.20 Å². The van der Waals surface area contributed by atoms with Crippen LogP contribution < -0.4 is 10.9 Å². The molecule has 0 aliphatic heterocycles. The Labute approximate surface area is 133 Å². The van der Waals surface area contributed by atoms with E-state index in [1.165, 1.54) is 12.4 Å². The third-order valence-electron chi connectivity index (χ3n) is 4.33. The van der Waals surface area contributed by atoms with Crippen molar-refractivity contribution < 1.29 is 9.90 Å². The summed E-state index contributed by atoms with van der Waals surface area (Å²) in [6, 6.07) is 5.84. The van der Waals surface area contributed by atoms with E-state index in [4.69, 9.17) is 5.11 Å². The Kier molecular flexibility index (Phi) is 4.10. The fraction of sp³-hybridized carbons (Fsp3) is 0.375. The van der Waals surface area contributed by atoms with Crippen molar-refractivity contribution in [2.75, 3.05) is 11.9 Å². The van der Waals surface area contributed by atoms with E-state index in [2.05, 4.69) is 15.3 Å². The highest BCUT2D eigenvalue weighted by Crippen LogP contribution is 2.42. The SMILES string of the molecule is O=C(O)Cn1ccnc(NCC2(c3ccccn3)CCC2)c1=O. The molecular formula is C16H18N4O3. The molecule has 120 valence electrons. The van der Waals surface area contributed by atoms with E-state index < -0.39 is 11.5 Å². The van der Waals surface area contributed by atoms with Crippen molar-refractivity contribution in [3.8, 4) is 0 Å². The second-order valence-corrected chi connectivity index (χ2v) is 5.81. The zero-order valence-corrected chi connectivity index (χ0v) is 12.6. The van der Waals surface area contributed by atoms with E-state index in [1.807, 2.05) is 18.2 Å². The van der Waals surface area contributed by atoms with Crippen LogP contribution in [0.3, 0.4) is 0 Å². The number of nitrogens with one attached hydrogen (secondary N) is 1. The lowest BCUT2D eigenvalue weighted by Gasteiger charge is -2.41. The average Bonchev–Trinajstić information content (AvgIpc) is 2.50. The monoisotopic (exact) mass is 314 g/mol. The number of anilines is 1. The van der Waals surface area contributed by atoms with Gasteiger partial charge < -0.3 is 10.4 Å². The Morgan fingerprint density at radius 1 is 1.30 bits per heavy atom. The van der Waals surface area contributed by atoms with Gasteiger partial charge in [-0.2, -0.15) is 0 Å². The van der Waals surface area contributed by atoms with Crippen LogP contribution in [0.25, 0.3) is 0 Å². The van der Waals surface area contributed by atoms with E-state index in [-0.39, 0.29) is 17.8 Å². The number of carboxylic acid groups (broad SMARTS) is 1. The normalized spacial score (nSPS) is 15.7. The first kappa shape index (κ1) is 15.2. The number of aliphatic carboxylic acids is 1. The van der Waals surface area contributed by atoms with Crippen LogP contribution in [0, 0.1) is 0 Å². The summed E-state index contributed by atoms with van der Waals surface area (Å²) in [5, 5.41) is 11.9. The van der Waals surface area contributed by atoms with Gasteiger partial charge in [-0.1, -0.05) is 12.5 Å². The molecule has 1 saturated carbocycles. The van der Waals surface area contributed by atoms with Crippen molar-refractivity contribution in [2.45, 2.75) is 31.2 Å². The van der Waals surface area contributed by atoms with Gasteiger partial charge in [0.25, 0.3) is 5.56 Å². The quantitative estimate of drug-likeness (QED) is 0.833. The molecule has 0 atom stereocenters. The highest BCUT2D eigenvalue weighted by molar-refractivity contribution is 5.66. The fourth-order valence-corrected chi connectivity index (χ4v) is 2.90. The molecule has 2 aromatic rings. The van der Waals surface area contributed by atoms with Gasteiger partial charge in [-0.25, -0.2) is 4.98 Å². The van der Waals surface area contributed by atoms with Crippen molar-refractivity contribution in [1.29, 1.82) is 0 Å². The smallest absolute Gasteiger partial charge is 0.323 e. The molecule has 0 bridgehead atoms. The van der Waals surface area contributed by atoms with Gasteiger partial charge in [0.2, 0.25) is 0 Å². The zero-order chi connectivity index (χ0) is 16.3. The van der Waals surface area contributed by atoms with Crippen molar-refractivity contribution >= 4 is 11.8 Å². The Morgan fingerprint density at radius 3 is 2.74 bits per heavy atom. The van der Waals surface area contributed by atoms with Crippen molar-refractivity contribution in [1.82, 2.24) is 14.5 Å². The number of hydrogen-bond donors (Lipinski definition) is 2. The lowest BCUT2D eigenvalue weighted by atomic mass is 9.66. The first-order valence-corrected chi connectivity index (χ1v) is 7.53. The zero-order valence-electron chi connectivity index (χ0n) is 12.6. The number of rotatable bonds is 6. The topological polar surface area (TPSA) is 97.1 Å². The largest absolute Gasteiger partial charge is 0.480 e. The van der Waals surface area contributed by atoms with Crippen LogP contribution in [0.4, 0.5) is 5.82 Å². The van der Waals surface area contributed by atoms with Gasteiger partial charge >= 0.3 is 5.97 Å². The number of aromatic nitrogens is 3. The summed E-state index contributed by atoms with van der Waals surface area (Å²) >= 11 is 0. The maximum Gasteiger partial charge on any atom is 0.323 e. The van der Waals surface area contributed by atoms with Gasteiger partial charge in [0.15, 0.2) is 5.82 Å². The standard InChI is InChI=1S/C16H18N4O3/c21-13(22)10-20-9-8-18-14(15(20)23)19-11-16(5-3-6-16)12-4-1-2-7-17-12/h1-2,4,7-9H,3,5-6,10-11H2,(H,18,19)(H,21,22). The van der Waals surface area contributed by atoms with Gasteiger partial charge in [0.1, 0.15) is 6.54 Å². The summed E-state index contributed by atoms with van der Waals surface area (Å²) < 4.78 is 1.13. The predicted octanol–water partition coefficient (Wildman–Crippen LogP) is 1.26. The minimum atomic E-state index is -1.06. The highest BCUT2D eigenvalue weighted by Gasteiger charge is 2.39. The third kappa shape index (κ3) is 3.08. The van der Waals surface area contributed by atoms with Crippen molar-refractivity contribution in [3.63, 3.8) is 0 Å². The summed E-state index contributed by atoms with van der Waals surface area (Å²) in [4.78, 5) is 31.5. The molecule has 0 spiro atoms. The summed E-state index contributed by atoms with van der Waals surface area (Å²) in [5.74, 6) is -0.885. The van der Waals surface area contributed by atoms with Gasteiger partial charge in [-0.15, -0.1) is 0 Å². The Hall–Kier alpha value is -2.70. The van der Waals surface area contributed by atoms with Crippen LogP contribution in [-0.4, -0.2) is 32.2 Å². The molecule has 7 heteroatoms. The Morgan fingerprint density at radius 2 is 2.13 bits per heavy atom. The van der Waals surface area contributed by atoms with E-state index >= 15 is 0 Å². The Balaban J connectivity index is 1.78. The molecule has 2 heterocycles. The molecule has 1 aliphatic rings. The van der Waals surface area contributed by atoms with Crippen LogP contribution in [0.5, 0.6) is 0 Å². The first-order chi connectivity index (χ1) is 11.1. The number of carboxylic acids is 1. The molecule has 3 rings (SSSR count). The third-order valence-corrected chi connectivity index (χ3v) is 4.33. The number of carbonyl (C=O) groups is 1. The van der Waals surface area contributed by atoms with E-state index in [9.17, 15) is 9.59 Å². The van der Waals surface area contributed by atoms with E-state index in [0.717, 1.165) is 29.5 Å². The minimum Gasteiger partial charge on any atom is -0.480 e. The molecule has 0 radical (unpaired) electrons. The molecule has 0 aromatic carbocycles. The molecule has 2 aromatic heterocycles. The highest BCUT2D eigenvalue weighted by atomic mass is 16.4. The van der Waals surface area contributed by atoms with Crippen LogP contribution in [0.1, 0.15) is 25.0 Å². The summed E-state index contributed by atoms with van der Waals surface area (Å²) in [7, 11) is 0. The average molecular weight is 314 g/mol. The Bertz CT molecular complexity index is 753. The van der Waals surface area contributed by atoms with Gasteiger partial charge in [0, 0.05) is 36.2 Å². The first-order valence-electron chi connectivity index (χ1n) is 7.53.